The SMILES string of the molecule is COc1cc(C(C#N)NC(=O)CCNC(=O)c2ccc(Br)cc2)cc(OC)c1OC. The molecule has 9 heteroatoms. The van der Waals surface area contributed by atoms with E-state index in [1.165, 1.54) is 21.3 Å². The van der Waals surface area contributed by atoms with Crippen LogP contribution in [0.5, 0.6) is 17.2 Å². The molecule has 0 aliphatic rings. The number of rotatable bonds is 9. The maximum absolute atomic E-state index is 12.3. The molecule has 2 amide bonds. The third-order valence-corrected chi connectivity index (χ3v) is 4.73. The van der Waals surface area contributed by atoms with Crippen LogP contribution in [0, 0.1) is 11.3 Å². The zero-order valence-corrected chi connectivity index (χ0v) is 18.4. The first-order chi connectivity index (χ1) is 14.4. The zero-order chi connectivity index (χ0) is 22.1. The number of methoxy groups -OCH3 is 3. The van der Waals surface area contributed by atoms with E-state index in [1.54, 1.807) is 36.4 Å². The Morgan fingerprint density at radius 2 is 1.67 bits per heavy atom. The zero-order valence-electron chi connectivity index (χ0n) is 16.8. The molecule has 8 nitrogen and oxygen atoms in total. The minimum atomic E-state index is -0.923. The van der Waals surface area contributed by atoms with Crippen LogP contribution >= 0.6 is 15.9 Å². The number of halogens is 1. The van der Waals surface area contributed by atoms with Crippen molar-refractivity contribution in [3.63, 3.8) is 0 Å². The Labute approximate surface area is 183 Å². The van der Waals surface area contributed by atoms with Crippen molar-refractivity contribution in [2.75, 3.05) is 27.9 Å². The summed E-state index contributed by atoms with van der Waals surface area (Å²) in [4.78, 5) is 24.4. The van der Waals surface area contributed by atoms with E-state index < -0.39 is 6.04 Å². The fraction of sp³-hybridized carbons (Fsp3) is 0.286. The summed E-state index contributed by atoms with van der Waals surface area (Å²) in [6.07, 6.45) is 0.0187. The van der Waals surface area contributed by atoms with Gasteiger partial charge in [-0.15, -0.1) is 0 Å². The van der Waals surface area contributed by atoms with Crippen LogP contribution in [0.3, 0.4) is 0 Å². The molecule has 2 rings (SSSR count). The average molecular weight is 476 g/mol. The number of hydrogen-bond acceptors (Lipinski definition) is 6. The molecule has 1 unspecified atom stereocenters. The molecule has 0 spiro atoms. The van der Waals surface area contributed by atoms with E-state index in [0.717, 1.165) is 4.47 Å². The number of carbonyl (C=O) groups is 2. The predicted molar refractivity (Wildman–Crippen MR) is 114 cm³/mol. The first-order valence-electron chi connectivity index (χ1n) is 8.96. The Bertz CT molecular complexity index is 916. The Hall–Kier alpha value is -3.25. The van der Waals surface area contributed by atoms with Crippen LogP contribution in [-0.2, 0) is 4.79 Å². The summed E-state index contributed by atoms with van der Waals surface area (Å²) < 4.78 is 16.7. The standard InChI is InChI=1S/C21H22BrN3O5/c1-28-17-10-14(11-18(29-2)20(17)30-3)16(12-23)25-19(26)8-9-24-21(27)13-4-6-15(22)7-5-13/h4-7,10-11,16H,8-9H2,1-3H3,(H,24,27)(H,25,26). The van der Waals surface area contributed by atoms with Crippen molar-refractivity contribution >= 4 is 27.7 Å². The second-order valence-electron chi connectivity index (χ2n) is 6.10. The van der Waals surface area contributed by atoms with Gasteiger partial charge < -0.3 is 24.8 Å². The third-order valence-electron chi connectivity index (χ3n) is 4.20. The van der Waals surface area contributed by atoms with E-state index in [9.17, 15) is 14.9 Å². The number of amides is 2. The number of nitrogens with zero attached hydrogens (tertiary/aromatic N) is 1. The Morgan fingerprint density at radius 3 is 2.17 bits per heavy atom. The molecule has 0 aliphatic heterocycles. The van der Waals surface area contributed by atoms with Crippen molar-refractivity contribution in [3.05, 3.63) is 52.0 Å². The van der Waals surface area contributed by atoms with Crippen molar-refractivity contribution in [2.24, 2.45) is 0 Å². The van der Waals surface area contributed by atoms with Gasteiger partial charge in [-0.2, -0.15) is 5.26 Å². The lowest BCUT2D eigenvalue weighted by molar-refractivity contribution is -0.121. The fourth-order valence-electron chi connectivity index (χ4n) is 2.68. The van der Waals surface area contributed by atoms with Crippen LogP contribution in [0.25, 0.3) is 0 Å². The molecule has 0 fully saturated rings. The van der Waals surface area contributed by atoms with E-state index in [1.807, 2.05) is 6.07 Å². The largest absolute Gasteiger partial charge is 0.493 e. The van der Waals surface area contributed by atoms with Crippen LogP contribution in [0.2, 0.25) is 0 Å². The molecular formula is C21H22BrN3O5. The quantitative estimate of drug-likeness (QED) is 0.576. The molecule has 0 heterocycles. The number of hydrogen-bond donors (Lipinski definition) is 2. The molecule has 0 aliphatic carbocycles. The van der Waals surface area contributed by atoms with Crippen LogP contribution in [-0.4, -0.2) is 39.7 Å². The van der Waals surface area contributed by atoms with Crippen molar-refractivity contribution in [1.29, 1.82) is 5.26 Å². The Kier molecular flexibility index (Phi) is 8.50. The summed E-state index contributed by atoms with van der Waals surface area (Å²) in [5.41, 5.74) is 0.977. The molecule has 0 bridgehead atoms. The average Bonchev–Trinajstić information content (AvgIpc) is 2.76. The molecule has 2 aromatic rings. The predicted octanol–water partition coefficient (Wildman–Crippen LogP) is 2.98. The highest BCUT2D eigenvalue weighted by Crippen LogP contribution is 2.39. The number of carbonyl (C=O) groups excluding carboxylic acids is 2. The summed E-state index contributed by atoms with van der Waals surface area (Å²) in [7, 11) is 4.41. The lowest BCUT2D eigenvalue weighted by Gasteiger charge is -2.17. The van der Waals surface area contributed by atoms with Gasteiger partial charge in [-0.25, -0.2) is 0 Å². The van der Waals surface area contributed by atoms with E-state index in [2.05, 4.69) is 26.6 Å². The molecule has 1 atom stereocenters. The van der Waals surface area contributed by atoms with Crippen molar-refractivity contribution < 1.29 is 23.8 Å². The van der Waals surface area contributed by atoms with Crippen LogP contribution < -0.4 is 24.8 Å². The third kappa shape index (κ3) is 5.87. The molecular weight excluding hydrogens is 454 g/mol. The lowest BCUT2D eigenvalue weighted by Crippen LogP contribution is -2.32. The normalized spacial score (nSPS) is 11.0. The molecule has 0 aromatic heterocycles. The molecule has 2 aromatic carbocycles. The van der Waals surface area contributed by atoms with E-state index >= 15 is 0 Å². The summed E-state index contributed by atoms with van der Waals surface area (Å²) >= 11 is 3.31. The number of benzene rings is 2. The lowest BCUT2D eigenvalue weighted by atomic mass is 10.1. The minimum Gasteiger partial charge on any atom is -0.493 e. The number of nitriles is 1. The van der Waals surface area contributed by atoms with Crippen molar-refractivity contribution in [1.82, 2.24) is 10.6 Å². The molecule has 158 valence electrons. The van der Waals surface area contributed by atoms with E-state index in [4.69, 9.17) is 14.2 Å². The van der Waals surface area contributed by atoms with Gasteiger partial charge in [-0.3, -0.25) is 9.59 Å². The minimum absolute atomic E-state index is 0.0187. The smallest absolute Gasteiger partial charge is 0.251 e. The highest BCUT2D eigenvalue weighted by molar-refractivity contribution is 9.10. The molecule has 0 saturated heterocycles. The summed E-state index contributed by atoms with van der Waals surface area (Å²) in [5, 5.41) is 14.8. The van der Waals surface area contributed by atoms with Gasteiger partial charge in [0.25, 0.3) is 5.91 Å². The maximum atomic E-state index is 12.3. The first kappa shape index (κ1) is 23.0. The molecule has 0 radical (unpaired) electrons. The summed E-state index contributed by atoms with van der Waals surface area (Å²) in [6, 6.07) is 11.2. The Balaban J connectivity index is 1.98. The van der Waals surface area contributed by atoms with Crippen LogP contribution in [0.1, 0.15) is 28.4 Å². The van der Waals surface area contributed by atoms with Crippen LogP contribution in [0.4, 0.5) is 0 Å². The molecule has 0 saturated carbocycles. The van der Waals surface area contributed by atoms with Gasteiger partial charge in [-0.1, -0.05) is 15.9 Å². The molecule has 30 heavy (non-hydrogen) atoms. The molecule has 2 N–H and O–H groups in total. The second-order valence-corrected chi connectivity index (χ2v) is 7.02. The number of nitrogens with one attached hydrogen (secondary N) is 2. The van der Waals surface area contributed by atoms with E-state index in [-0.39, 0.29) is 24.8 Å². The van der Waals surface area contributed by atoms with Gasteiger partial charge in [-0.05, 0) is 42.0 Å². The maximum Gasteiger partial charge on any atom is 0.251 e. The van der Waals surface area contributed by atoms with Gasteiger partial charge in [0.2, 0.25) is 11.7 Å². The van der Waals surface area contributed by atoms with Gasteiger partial charge in [0.15, 0.2) is 11.5 Å². The van der Waals surface area contributed by atoms with E-state index in [0.29, 0.717) is 28.4 Å². The summed E-state index contributed by atoms with van der Waals surface area (Å²) in [5.74, 6) is 0.483. The fourth-order valence-corrected chi connectivity index (χ4v) is 2.95. The summed E-state index contributed by atoms with van der Waals surface area (Å²) in [6.45, 7) is 0.133. The highest BCUT2D eigenvalue weighted by atomic mass is 79.9. The van der Waals surface area contributed by atoms with Crippen molar-refractivity contribution in [3.8, 4) is 23.3 Å². The van der Waals surface area contributed by atoms with Crippen molar-refractivity contribution in [2.45, 2.75) is 12.5 Å². The van der Waals surface area contributed by atoms with Gasteiger partial charge in [0.05, 0.1) is 27.4 Å². The van der Waals surface area contributed by atoms with Gasteiger partial charge >= 0.3 is 0 Å². The first-order valence-corrected chi connectivity index (χ1v) is 9.75. The second kappa shape index (κ2) is 11.1. The topological polar surface area (TPSA) is 110 Å². The Morgan fingerprint density at radius 1 is 1.07 bits per heavy atom. The van der Waals surface area contributed by atoms with Crippen LogP contribution in [0.15, 0.2) is 40.9 Å². The van der Waals surface area contributed by atoms with Gasteiger partial charge in [0, 0.05) is 23.0 Å². The highest BCUT2D eigenvalue weighted by Gasteiger charge is 2.20. The van der Waals surface area contributed by atoms with Gasteiger partial charge in [0.1, 0.15) is 6.04 Å². The number of ether oxygens (including phenoxy) is 3. The monoisotopic (exact) mass is 475 g/mol.